The van der Waals surface area contributed by atoms with E-state index in [1.165, 1.54) is 12.1 Å². The normalized spacial score (nSPS) is 11.8. The Morgan fingerprint density at radius 1 is 1.19 bits per heavy atom. The zero-order valence-electron chi connectivity index (χ0n) is 14.4. The number of halogens is 3. The highest BCUT2D eigenvalue weighted by atomic mass is 19.4. The first-order chi connectivity index (χ1) is 12.2. The quantitative estimate of drug-likeness (QED) is 0.668. The Bertz CT molecular complexity index is 971. The second-order valence-corrected chi connectivity index (χ2v) is 5.99. The lowest BCUT2D eigenvalue weighted by Crippen LogP contribution is -2.14. The maximum absolute atomic E-state index is 12.8. The van der Waals surface area contributed by atoms with Gasteiger partial charge in [-0.3, -0.25) is 4.79 Å². The van der Waals surface area contributed by atoms with Crippen molar-refractivity contribution in [2.75, 3.05) is 0 Å². The zero-order valence-corrected chi connectivity index (χ0v) is 14.4. The van der Waals surface area contributed by atoms with E-state index in [1.807, 2.05) is 25.5 Å². The molecule has 2 aromatic heterocycles. The minimum absolute atomic E-state index is 0.0323. The number of carbonyl (C=O) groups excluding carboxylic acids is 1. The van der Waals surface area contributed by atoms with E-state index in [0.29, 0.717) is 5.56 Å². The van der Waals surface area contributed by atoms with Gasteiger partial charge < -0.3 is 4.57 Å². The largest absolute Gasteiger partial charge is 0.416 e. The number of rotatable bonds is 4. The molecule has 26 heavy (non-hydrogen) atoms. The molecule has 0 atom stereocenters. The molecular weight excluding hydrogens is 347 g/mol. The Morgan fingerprint density at radius 2 is 1.92 bits per heavy atom. The van der Waals surface area contributed by atoms with Crippen LogP contribution in [0.5, 0.6) is 0 Å². The third-order valence-electron chi connectivity index (χ3n) is 4.26. The summed E-state index contributed by atoms with van der Waals surface area (Å²) >= 11 is 0. The summed E-state index contributed by atoms with van der Waals surface area (Å²) in [5.41, 5.74) is 1.72. The Labute approximate surface area is 147 Å². The fourth-order valence-electron chi connectivity index (χ4n) is 2.61. The molecule has 3 aromatic rings. The first-order valence-electron chi connectivity index (χ1n) is 7.78. The van der Waals surface area contributed by atoms with Gasteiger partial charge in [0.1, 0.15) is 6.54 Å². The summed E-state index contributed by atoms with van der Waals surface area (Å²) in [5, 5.41) is 11.6. The fourth-order valence-corrected chi connectivity index (χ4v) is 2.61. The van der Waals surface area contributed by atoms with E-state index < -0.39 is 11.7 Å². The molecule has 0 aliphatic rings. The van der Waals surface area contributed by atoms with E-state index in [9.17, 15) is 18.0 Å². The average molecular weight is 363 g/mol. The van der Waals surface area contributed by atoms with Crippen LogP contribution in [0.25, 0.3) is 11.4 Å². The topological polar surface area (TPSA) is 65.6 Å². The molecule has 136 valence electrons. The maximum atomic E-state index is 12.8. The predicted octanol–water partition coefficient (Wildman–Crippen LogP) is 3.20. The molecular formula is C17H16F3N5O. The van der Waals surface area contributed by atoms with Crippen LogP contribution in [-0.4, -0.2) is 30.6 Å². The van der Waals surface area contributed by atoms with E-state index in [1.54, 1.807) is 6.07 Å². The van der Waals surface area contributed by atoms with Crippen LogP contribution in [-0.2, 0) is 19.8 Å². The average Bonchev–Trinajstić information content (AvgIpc) is 3.15. The molecule has 2 heterocycles. The van der Waals surface area contributed by atoms with Crippen molar-refractivity contribution in [3.8, 4) is 11.4 Å². The Kier molecular flexibility index (Phi) is 4.39. The van der Waals surface area contributed by atoms with Crippen molar-refractivity contribution >= 4 is 5.78 Å². The summed E-state index contributed by atoms with van der Waals surface area (Å²) in [6.07, 6.45) is -4.45. The van der Waals surface area contributed by atoms with Crippen molar-refractivity contribution < 1.29 is 18.0 Å². The van der Waals surface area contributed by atoms with Gasteiger partial charge in [0.25, 0.3) is 0 Å². The van der Waals surface area contributed by atoms with Gasteiger partial charge in [0, 0.05) is 29.6 Å². The molecule has 0 saturated carbocycles. The monoisotopic (exact) mass is 363 g/mol. The Morgan fingerprint density at radius 3 is 2.54 bits per heavy atom. The van der Waals surface area contributed by atoms with E-state index >= 15 is 0 Å². The van der Waals surface area contributed by atoms with Gasteiger partial charge in [-0.05, 0) is 37.3 Å². The second-order valence-electron chi connectivity index (χ2n) is 5.99. The minimum Gasteiger partial charge on any atom is -0.351 e. The number of ketones is 1. The SMILES string of the molecule is Cc1cc(C(=O)Cn2nnc(-c3cccc(C(F)(F)F)c3)n2)c(C)n1C. The molecule has 9 heteroatoms. The molecule has 0 bridgehead atoms. The van der Waals surface area contributed by atoms with Gasteiger partial charge in [-0.2, -0.15) is 18.0 Å². The van der Waals surface area contributed by atoms with Crippen molar-refractivity contribution in [2.24, 2.45) is 7.05 Å². The number of Topliss-reactive ketones (excluding diaryl/α,β-unsaturated/α-hetero) is 1. The van der Waals surface area contributed by atoms with Crippen LogP contribution in [0.3, 0.4) is 0 Å². The van der Waals surface area contributed by atoms with Crippen LogP contribution in [0.2, 0.25) is 0 Å². The van der Waals surface area contributed by atoms with Crippen molar-refractivity contribution in [1.82, 2.24) is 24.8 Å². The molecule has 0 N–H and O–H groups in total. The van der Waals surface area contributed by atoms with E-state index in [0.717, 1.165) is 28.3 Å². The van der Waals surface area contributed by atoms with Crippen molar-refractivity contribution in [3.05, 3.63) is 52.8 Å². The minimum atomic E-state index is -4.45. The Hall–Kier alpha value is -2.97. The standard InChI is InChI=1S/C17H16F3N5O/c1-10-7-14(11(2)24(10)3)15(26)9-25-22-16(21-23-25)12-5-4-6-13(8-12)17(18,19)20/h4-8H,9H2,1-3H3. The molecule has 0 unspecified atom stereocenters. The van der Waals surface area contributed by atoms with Crippen LogP contribution in [0, 0.1) is 13.8 Å². The molecule has 0 radical (unpaired) electrons. The first kappa shape index (κ1) is 17.8. The lowest BCUT2D eigenvalue weighted by molar-refractivity contribution is -0.137. The number of hydrogen-bond donors (Lipinski definition) is 0. The third kappa shape index (κ3) is 3.37. The van der Waals surface area contributed by atoms with Gasteiger partial charge in [0.05, 0.1) is 5.56 Å². The third-order valence-corrected chi connectivity index (χ3v) is 4.26. The Balaban J connectivity index is 1.82. The summed E-state index contributed by atoms with van der Waals surface area (Å²) in [6.45, 7) is 3.59. The highest BCUT2D eigenvalue weighted by molar-refractivity contribution is 5.97. The van der Waals surface area contributed by atoms with E-state index in [2.05, 4.69) is 15.4 Å². The molecule has 0 aliphatic carbocycles. The molecule has 0 saturated heterocycles. The molecule has 0 amide bonds. The lowest BCUT2D eigenvalue weighted by Gasteiger charge is -2.06. The van der Waals surface area contributed by atoms with Gasteiger partial charge in [-0.1, -0.05) is 12.1 Å². The van der Waals surface area contributed by atoms with Gasteiger partial charge in [-0.25, -0.2) is 0 Å². The smallest absolute Gasteiger partial charge is 0.351 e. The highest BCUT2D eigenvalue weighted by Crippen LogP contribution is 2.31. The number of aromatic nitrogens is 5. The molecule has 3 rings (SSSR count). The number of carbonyl (C=O) groups is 1. The molecule has 0 spiro atoms. The predicted molar refractivity (Wildman–Crippen MR) is 87.5 cm³/mol. The number of tetrazole rings is 1. The van der Waals surface area contributed by atoms with Gasteiger partial charge in [0.15, 0.2) is 5.78 Å². The van der Waals surface area contributed by atoms with E-state index in [-0.39, 0.29) is 23.7 Å². The molecule has 1 aromatic carbocycles. The van der Waals surface area contributed by atoms with Crippen LogP contribution in [0.15, 0.2) is 30.3 Å². The van der Waals surface area contributed by atoms with Crippen LogP contribution >= 0.6 is 0 Å². The van der Waals surface area contributed by atoms with Crippen LogP contribution < -0.4 is 0 Å². The van der Waals surface area contributed by atoms with Gasteiger partial charge in [-0.15, -0.1) is 10.2 Å². The number of hydrogen-bond acceptors (Lipinski definition) is 4. The number of benzene rings is 1. The summed E-state index contributed by atoms with van der Waals surface area (Å²) in [6, 6.07) is 6.44. The summed E-state index contributed by atoms with van der Waals surface area (Å²) in [7, 11) is 1.86. The molecule has 0 aliphatic heterocycles. The highest BCUT2D eigenvalue weighted by Gasteiger charge is 2.30. The van der Waals surface area contributed by atoms with Crippen molar-refractivity contribution in [3.63, 3.8) is 0 Å². The van der Waals surface area contributed by atoms with Crippen LogP contribution in [0.4, 0.5) is 13.2 Å². The summed E-state index contributed by atoms with van der Waals surface area (Å²) in [5.74, 6) is -0.163. The lowest BCUT2D eigenvalue weighted by atomic mass is 10.1. The fraction of sp³-hybridized carbons (Fsp3) is 0.294. The first-order valence-corrected chi connectivity index (χ1v) is 7.78. The van der Waals surface area contributed by atoms with Crippen LogP contribution in [0.1, 0.15) is 27.3 Å². The maximum Gasteiger partial charge on any atom is 0.416 e. The molecule has 0 fully saturated rings. The number of aryl methyl sites for hydroxylation is 1. The number of nitrogens with zero attached hydrogens (tertiary/aromatic N) is 5. The van der Waals surface area contributed by atoms with Gasteiger partial charge >= 0.3 is 6.18 Å². The molecule has 6 nitrogen and oxygen atoms in total. The van der Waals surface area contributed by atoms with Crippen molar-refractivity contribution in [1.29, 1.82) is 0 Å². The summed E-state index contributed by atoms with van der Waals surface area (Å²) < 4.78 is 40.3. The summed E-state index contributed by atoms with van der Waals surface area (Å²) in [4.78, 5) is 13.5. The second kappa shape index (κ2) is 6.40. The van der Waals surface area contributed by atoms with E-state index in [4.69, 9.17) is 0 Å². The van der Waals surface area contributed by atoms with Crippen molar-refractivity contribution in [2.45, 2.75) is 26.6 Å². The van der Waals surface area contributed by atoms with Gasteiger partial charge in [0.2, 0.25) is 5.82 Å². The zero-order chi connectivity index (χ0) is 19.1. The number of alkyl halides is 3.